The molecule has 19 heavy (non-hydrogen) atoms. The van der Waals surface area contributed by atoms with E-state index in [4.69, 9.17) is 5.73 Å². The van der Waals surface area contributed by atoms with Gasteiger partial charge in [0.15, 0.2) is 0 Å². The van der Waals surface area contributed by atoms with Crippen molar-refractivity contribution in [3.8, 4) is 0 Å². The van der Waals surface area contributed by atoms with Crippen molar-refractivity contribution in [1.82, 2.24) is 10.2 Å². The summed E-state index contributed by atoms with van der Waals surface area (Å²) in [5.74, 6) is -0.489. The molecule has 1 aliphatic heterocycles. The zero-order valence-corrected chi connectivity index (χ0v) is 11.0. The minimum absolute atomic E-state index is 0.110. The third kappa shape index (κ3) is 2.83. The van der Waals surface area contributed by atoms with Crippen LogP contribution in [0.3, 0.4) is 0 Å². The van der Waals surface area contributed by atoms with Crippen LogP contribution in [0.2, 0.25) is 0 Å². The summed E-state index contributed by atoms with van der Waals surface area (Å²) in [6.45, 7) is 2.52. The van der Waals surface area contributed by atoms with Crippen LogP contribution in [-0.2, 0) is 9.59 Å². The van der Waals surface area contributed by atoms with E-state index >= 15 is 0 Å². The lowest BCUT2D eigenvalue weighted by atomic mass is 10.00. The third-order valence-electron chi connectivity index (χ3n) is 3.49. The van der Waals surface area contributed by atoms with E-state index in [1.165, 1.54) is 0 Å². The number of amides is 2. The first kappa shape index (κ1) is 13.7. The first-order chi connectivity index (χ1) is 9.17. The molecule has 1 aromatic rings. The van der Waals surface area contributed by atoms with Gasteiger partial charge in [0.25, 0.3) is 0 Å². The number of benzene rings is 1. The number of hydrogen-bond donors (Lipinski definition) is 2. The van der Waals surface area contributed by atoms with E-state index in [1.807, 2.05) is 42.2 Å². The Balaban J connectivity index is 2.30. The first-order valence-electron chi connectivity index (χ1n) is 6.51. The molecule has 0 bridgehead atoms. The van der Waals surface area contributed by atoms with Gasteiger partial charge in [-0.15, -0.1) is 0 Å². The first-order valence-corrected chi connectivity index (χ1v) is 6.51. The van der Waals surface area contributed by atoms with Crippen molar-refractivity contribution in [3.63, 3.8) is 0 Å². The summed E-state index contributed by atoms with van der Waals surface area (Å²) in [6, 6.07) is 9.34. The van der Waals surface area contributed by atoms with E-state index in [1.54, 1.807) is 0 Å². The Labute approximate surface area is 112 Å². The molecule has 2 amide bonds. The molecule has 2 atom stereocenters. The van der Waals surface area contributed by atoms with Gasteiger partial charge < -0.3 is 5.73 Å². The lowest BCUT2D eigenvalue weighted by Crippen LogP contribution is -2.59. The smallest absolute Gasteiger partial charge is 0.243 e. The second-order valence-corrected chi connectivity index (χ2v) is 4.67. The van der Waals surface area contributed by atoms with Gasteiger partial charge in [-0.3, -0.25) is 19.8 Å². The van der Waals surface area contributed by atoms with Crippen LogP contribution in [0.5, 0.6) is 0 Å². The molecule has 0 radical (unpaired) electrons. The van der Waals surface area contributed by atoms with Gasteiger partial charge in [-0.25, -0.2) is 0 Å². The van der Waals surface area contributed by atoms with E-state index in [-0.39, 0.29) is 30.4 Å². The number of rotatable bonds is 4. The van der Waals surface area contributed by atoms with E-state index in [9.17, 15) is 9.59 Å². The number of nitrogens with two attached hydrogens (primary N) is 1. The summed E-state index contributed by atoms with van der Waals surface area (Å²) in [6.07, 6.45) is 0.655. The maximum absolute atomic E-state index is 11.9. The standard InChI is InChI=1S/C14H19N3O2/c1-2-11-14(19)16-13(18)9-17(11)12(8-15)10-6-4-3-5-7-10/h3-7,11-12H,2,8-9,15H2,1H3,(H,16,18,19). The summed E-state index contributed by atoms with van der Waals surface area (Å²) < 4.78 is 0. The average molecular weight is 261 g/mol. The third-order valence-corrected chi connectivity index (χ3v) is 3.49. The van der Waals surface area contributed by atoms with Gasteiger partial charge in [0.05, 0.1) is 12.6 Å². The zero-order chi connectivity index (χ0) is 13.8. The summed E-state index contributed by atoms with van der Waals surface area (Å²) in [7, 11) is 0. The quantitative estimate of drug-likeness (QED) is 0.770. The van der Waals surface area contributed by atoms with Gasteiger partial charge in [-0.05, 0) is 12.0 Å². The van der Waals surface area contributed by atoms with Gasteiger partial charge in [0.2, 0.25) is 11.8 Å². The second kappa shape index (κ2) is 5.95. The van der Waals surface area contributed by atoms with Crippen LogP contribution >= 0.6 is 0 Å². The van der Waals surface area contributed by atoms with Crippen molar-refractivity contribution < 1.29 is 9.59 Å². The molecule has 1 aromatic carbocycles. The highest BCUT2D eigenvalue weighted by Gasteiger charge is 2.36. The van der Waals surface area contributed by atoms with Gasteiger partial charge >= 0.3 is 0 Å². The van der Waals surface area contributed by atoms with Gasteiger partial charge in [-0.1, -0.05) is 37.3 Å². The van der Waals surface area contributed by atoms with Crippen molar-refractivity contribution >= 4 is 11.8 Å². The summed E-state index contributed by atoms with van der Waals surface area (Å²) >= 11 is 0. The predicted molar refractivity (Wildman–Crippen MR) is 72.2 cm³/mol. The topological polar surface area (TPSA) is 75.4 Å². The molecule has 3 N–H and O–H groups in total. The highest BCUT2D eigenvalue weighted by Crippen LogP contribution is 2.24. The van der Waals surface area contributed by atoms with Crippen LogP contribution in [0, 0.1) is 0 Å². The summed E-state index contributed by atoms with van der Waals surface area (Å²) in [5, 5.41) is 2.38. The Bertz CT molecular complexity index is 461. The molecule has 1 aliphatic rings. The zero-order valence-electron chi connectivity index (χ0n) is 11.0. The van der Waals surface area contributed by atoms with Gasteiger partial charge in [-0.2, -0.15) is 0 Å². The van der Waals surface area contributed by atoms with E-state index < -0.39 is 0 Å². The van der Waals surface area contributed by atoms with E-state index in [2.05, 4.69) is 5.32 Å². The van der Waals surface area contributed by atoms with Crippen LogP contribution in [-0.4, -0.2) is 35.8 Å². The number of nitrogens with zero attached hydrogens (tertiary/aromatic N) is 1. The maximum Gasteiger partial charge on any atom is 0.243 e. The molecule has 2 rings (SSSR count). The van der Waals surface area contributed by atoms with E-state index in [0.717, 1.165) is 5.56 Å². The van der Waals surface area contributed by atoms with Crippen LogP contribution in [0.25, 0.3) is 0 Å². The number of carbonyl (C=O) groups excluding carboxylic acids is 2. The van der Waals surface area contributed by atoms with Crippen LogP contribution in [0.15, 0.2) is 30.3 Å². The summed E-state index contributed by atoms with van der Waals surface area (Å²) in [5.41, 5.74) is 6.89. The monoisotopic (exact) mass is 261 g/mol. The molecule has 102 valence electrons. The fourth-order valence-electron chi connectivity index (χ4n) is 2.57. The van der Waals surface area contributed by atoms with Gasteiger partial charge in [0.1, 0.15) is 0 Å². The highest BCUT2D eigenvalue weighted by molar-refractivity contribution is 6.01. The predicted octanol–water partition coefficient (Wildman–Crippen LogP) is 0.423. The number of carbonyl (C=O) groups is 2. The molecule has 1 saturated heterocycles. The summed E-state index contributed by atoms with van der Waals surface area (Å²) in [4.78, 5) is 25.4. The second-order valence-electron chi connectivity index (χ2n) is 4.67. The lowest BCUT2D eigenvalue weighted by molar-refractivity contribution is -0.141. The Kier molecular flexibility index (Phi) is 4.29. The number of hydrogen-bond acceptors (Lipinski definition) is 4. The normalized spacial score (nSPS) is 22.1. The van der Waals surface area contributed by atoms with E-state index in [0.29, 0.717) is 13.0 Å². The Morgan fingerprint density at radius 2 is 2.05 bits per heavy atom. The molecule has 0 spiro atoms. The molecular weight excluding hydrogens is 242 g/mol. The fourth-order valence-corrected chi connectivity index (χ4v) is 2.57. The molecule has 0 saturated carbocycles. The van der Waals surface area contributed by atoms with Crippen molar-refractivity contribution in [2.24, 2.45) is 5.73 Å². The lowest BCUT2D eigenvalue weighted by Gasteiger charge is -2.39. The van der Waals surface area contributed by atoms with Crippen molar-refractivity contribution in [3.05, 3.63) is 35.9 Å². The average Bonchev–Trinajstić information content (AvgIpc) is 2.40. The largest absolute Gasteiger partial charge is 0.329 e. The maximum atomic E-state index is 11.9. The molecule has 2 unspecified atom stereocenters. The Morgan fingerprint density at radius 1 is 1.37 bits per heavy atom. The molecular formula is C14H19N3O2. The van der Waals surface area contributed by atoms with Crippen molar-refractivity contribution in [2.45, 2.75) is 25.4 Å². The fraction of sp³-hybridized carbons (Fsp3) is 0.429. The van der Waals surface area contributed by atoms with Crippen LogP contribution in [0.1, 0.15) is 24.9 Å². The number of imide groups is 1. The van der Waals surface area contributed by atoms with Gasteiger partial charge in [0, 0.05) is 12.6 Å². The van der Waals surface area contributed by atoms with Crippen molar-refractivity contribution in [2.75, 3.05) is 13.1 Å². The SMILES string of the molecule is CCC1C(=O)NC(=O)CN1C(CN)c1ccccc1. The minimum atomic E-state index is -0.300. The molecule has 1 heterocycles. The molecule has 5 heteroatoms. The Morgan fingerprint density at radius 3 is 2.63 bits per heavy atom. The number of nitrogens with one attached hydrogen (secondary N) is 1. The Hall–Kier alpha value is -1.72. The molecule has 0 aliphatic carbocycles. The van der Waals surface area contributed by atoms with Crippen LogP contribution < -0.4 is 11.1 Å². The van der Waals surface area contributed by atoms with Crippen LogP contribution in [0.4, 0.5) is 0 Å². The molecule has 0 aromatic heterocycles. The minimum Gasteiger partial charge on any atom is -0.329 e. The van der Waals surface area contributed by atoms with Crippen molar-refractivity contribution in [1.29, 1.82) is 0 Å². The number of piperazine rings is 1. The molecule has 5 nitrogen and oxygen atoms in total. The highest BCUT2D eigenvalue weighted by atomic mass is 16.2. The molecule has 1 fully saturated rings.